The van der Waals surface area contributed by atoms with E-state index in [4.69, 9.17) is 0 Å². The molecule has 1 aliphatic carbocycles. The van der Waals surface area contributed by atoms with Crippen LogP contribution in [0, 0.1) is 5.41 Å². The summed E-state index contributed by atoms with van der Waals surface area (Å²) < 4.78 is 0. The van der Waals surface area contributed by atoms with Crippen molar-refractivity contribution in [1.82, 2.24) is 0 Å². The zero-order valence-corrected chi connectivity index (χ0v) is 9.53. The summed E-state index contributed by atoms with van der Waals surface area (Å²) in [5, 5.41) is 19.9. The van der Waals surface area contributed by atoms with Gasteiger partial charge >= 0.3 is 5.97 Å². The molecule has 1 unspecified atom stereocenters. The van der Waals surface area contributed by atoms with Crippen molar-refractivity contribution in [3.05, 3.63) is 35.4 Å². The molecular weight excluding hydrogens is 204 g/mol. The fraction of sp³-hybridized carbons (Fsp3) is 0.462. The predicted molar refractivity (Wildman–Crippen MR) is 60.1 cm³/mol. The molecule has 0 saturated heterocycles. The summed E-state index contributed by atoms with van der Waals surface area (Å²) in [7, 11) is 0. The number of aryl methyl sites for hydroxylation is 1. The lowest BCUT2D eigenvalue weighted by atomic mass is 9.71. The summed E-state index contributed by atoms with van der Waals surface area (Å²) in [5.41, 5.74) is -0.601. The highest BCUT2D eigenvalue weighted by atomic mass is 16.4. The third-order valence-electron chi connectivity index (χ3n) is 3.79. The minimum Gasteiger partial charge on any atom is -0.481 e. The lowest BCUT2D eigenvalue weighted by Gasteiger charge is -2.37. The van der Waals surface area contributed by atoms with Gasteiger partial charge < -0.3 is 10.2 Å². The highest BCUT2D eigenvalue weighted by molar-refractivity contribution is 5.76. The number of rotatable bonds is 2. The maximum absolute atomic E-state index is 11.3. The third kappa shape index (κ3) is 1.28. The number of carbonyl (C=O) groups is 1. The minimum absolute atomic E-state index is 0.478. The molecule has 0 fully saturated rings. The van der Waals surface area contributed by atoms with E-state index in [1.807, 2.05) is 24.3 Å². The number of aliphatic carboxylic acids is 1. The molecule has 1 aromatic rings. The van der Waals surface area contributed by atoms with Gasteiger partial charge in [-0.3, -0.25) is 4.79 Å². The molecule has 3 heteroatoms. The number of hydrogen-bond donors (Lipinski definition) is 2. The van der Waals surface area contributed by atoms with Gasteiger partial charge in [0.1, 0.15) is 5.60 Å². The van der Waals surface area contributed by atoms with Gasteiger partial charge in [-0.2, -0.15) is 0 Å². The Kier molecular flexibility index (Phi) is 2.31. The number of aliphatic hydroxyl groups is 1. The molecule has 0 bridgehead atoms. The molecule has 0 aliphatic heterocycles. The zero-order chi connectivity index (χ0) is 12.0. The fourth-order valence-electron chi connectivity index (χ4n) is 2.42. The zero-order valence-electron chi connectivity index (χ0n) is 9.53. The molecule has 0 aromatic heterocycles. The van der Waals surface area contributed by atoms with E-state index >= 15 is 0 Å². The van der Waals surface area contributed by atoms with Gasteiger partial charge in [0.2, 0.25) is 0 Å². The maximum atomic E-state index is 11.3. The molecule has 1 aliphatic rings. The van der Waals surface area contributed by atoms with Crippen LogP contribution in [0.3, 0.4) is 0 Å². The van der Waals surface area contributed by atoms with E-state index in [2.05, 4.69) is 0 Å². The molecule has 1 atom stereocenters. The van der Waals surface area contributed by atoms with Gasteiger partial charge in [0, 0.05) is 0 Å². The van der Waals surface area contributed by atoms with Crippen molar-refractivity contribution in [3.63, 3.8) is 0 Å². The molecule has 0 spiro atoms. The van der Waals surface area contributed by atoms with E-state index in [1.54, 1.807) is 13.8 Å². The van der Waals surface area contributed by atoms with E-state index in [1.165, 1.54) is 0 Å². The Labute approximate surface area is 94.7 Å². The van der Waals surface area contributed by atoms with E-state index in [9.17, 15) is 15.0 Å². The number of benzene rings is 1. The number of carboxylic acids is 1. The van der Waals surface area contributed by atoms with Gasteiger partial charge in [-0.25, -0.2) is 0 Å². The normalized spacial score (nSPS) is 24.2. The molecular formula is C13H16O3. The van der Waals surface area contributed by atoms with E-state index < -0.39 is 17.0 Å². The SMILES string of the molecule is CC(C)(C(=O)O)C1(O)CCc2ccccc21. The Morgan fingerprint density at radius 3 is 2.62 bits per heavy atom. The minimum atomic E-state index is -1.25. The number of hydrogen-bond acceptors (Lipinski definition) is 2. The second-order valence-corrected chi connectivity index (χ2v) is 4.95. The second-order valence-electron chi connectivity index (χ2n) is 4.95. The van der Waals surface area contributed by atoms with Crippen molar-refractivity contribution >= 4 is 5.97 Å². The van der Waals surface area contributed by atoms with Gasteiger partial charge in [-0.1, -0.05) is 24.3 Å². The fourth-order valence-corrected chi connectivity index (χ4v) is 2.42. The topological polar surface area (TPSA) is 57.5 Å². The molecule has 2 rings (SSSR count). The van der Waals surface area contributed by atoms with Gasteiger partial charge in [-0.15, -0.1) is 0 Å². The number of fused-ring (bicyclic) bond motifs is 1. The Morgan fingerprint density at radius 2 is 2.00 bits per heavy atom. The van der Waals surface area contributed by atoms with Crippen molar-refractivity contribution in [2.24, 2.45) is 5.41 Å². The first-order valence-corrected chi connectivity index (χ1v) is 5.44. The summed E-state index contributed by atoms with van der Waals surface area (Å²) in [6, 6.07) is 7.53. The quantitative estimate of drug-likeness (QED) is 0.800. The molecule has 16 heavy (non-hydrogen) atoms. The van der Waals surface area contributed by atoms with Crippen molar-refractivity contribution < 1.29 is 15.0 Å². The van der Waals surface area contributed by atoms with Crippen molar-refractivity contribution in [2.45, 2.75) is 32.3 Å². The highest BCUT2D eigenvalue weighted by Crippen LogP contribution is 2.48. The lowest BCUT2D eigenvalue weighted by molar-refractivity contribution is -0.166. The van der Waals surface area contributed by atoms with E-state index in [0.29, 0.717) is 6.42 Å². The summed E-state index contributed by atoms with van der Waals surface area (Å²) in [6.07, 6.45) is 1.22. The molecule has 3 nitrogen and oxygen atoms in total. The average molecular weight is 220 g/mol. The smallest absolute Gasteiger partial charge is 0.312 e. The molecule has 0 radical (unpaired) electrons. The standard InChI is InChI=1S/C13H16O3/c1-12(2,11(14)15)13(16)8-7-9-5-3-4-6-10(9)13/h3-6,16H,7-8H2,1-2H3,(H,14,15). The predicted octanol–water partition coefficient (Wildman–Crippen LogP) is 1.93. The van der Waals surface area contributed by atoms with Crippen LogP contribution in [0.25, 0.3) is 0 Å². The lowest BCUT2D eigenvalue weighted by Crippen LogP contribution is -2.45. The summed E-state index contributed by atoms with van der Waals surface area (Å²) >= 11 is 0. The van der Waals surface area contributed by atoms with Crippen molar-refractivity contribution in [1.29, 1.82) is 0 Å². The first-order chi connectivity index (χ1) is 7.39. The molecule has 0 amide bonds. The van der Waals surface area contributed by atoms with Gasteiger partial charge in [0.15, 0.2) is 0 Å². The number of carboxylic acid groups (broad SMARTS) is 1. The first-order valence-electron chi connectivity index (χ1n) is 5.44. The Balaban J connectivity index is 2.54. The maximum Gasteiger partial charge on any atom is 0.312 e. The van der Waals surface area contributed by atoms with E-state index in [0.717, 1.165) is 17.5 Å². The monoisotopic (exact) mass is 220 g/mol. The largest absolute Gasteiger partial charge is 0.481 e. The summed E-state index contributed by atoms with van der Waals surface area (Å²) in [5.74, 6) is -0.966. The van der Waals surface area contributed by atoms with Gasteiger partial charge in [0.05, 0.1) is 5.41 Å². The van der Waals surface area contributed by atoms with Crippen molar-refractivity contribution in [2.75, 3.05) is 0 Å². The molecule has 86 valence electrons. The highest BCUT2D eigenvalue weighted by Gasteiger charge is 2.53. The first kappa shape index (κ1) is 11.1. The molecule has 1 aromatic carbocycles. The van der Waals surface area contributed by atoms with Crippen LogP contribution >= 0.6 is 0 Å². The van der Waals surface area contributed by atoms with Crippen LogP contribution in [0.5, 0.6) is 0 Å². The summed E-state index contributed by atoms with van der Waals surface area (Å²) in [6.45, 7) is 3.16. The second kappa shape index (κ2) is 3.32. The molecule has 0 saturated carbocycles. The van der Waals surface area contributed by atoms with Gasteiger partial charge in [0.25, 0.3) is 0 Å². The Bertz CT molecular complexity index is 437. The van der Waals surface area contributed by atoms with Crippen LogP contribution in [0.4, 0.5) is 0 Å². The Hall–Kier alpha value is -1.35. The average Bonchev–Trinajstić information content (AvgIpc) is 2.59. The van der Waals surface area contributed by atoms with Gasteiger partial charge in [-0.05, 0) is 37.8 Å². The van der Waals surface area contributed by atoms with Crippen LogP contribution in [0.1, 0.15) is 31.4 Å². The summed E-state index contributed by atoms with van der Waals surface area (Å²) in [4.78, 5) is 11.3. The van der Waals surface area contributed by atoms with Crippen LogP contribution in [-0.4, -0.2) is 16.2 Å². The molecule has 0 heterocycles. The van der Waals surface area contributed by atoms with Crippen molar-refractivity contribution in [3.8, 4) is 0 Å². The van der Waals surface area contributed by atoms with Crippen LogP contribution in [0.2, 0.25) is 0 Å². The van der Waals surface area contributed by atoms with Crippen LogP contribution in [0.15, 0.2) is 24.3 Å². The van der Waals surface area contributed by atoms with Crippen LogP contribution < -0.4 is 0 Å². The third-order valence-corrected chi connectivity index (χ3v) is 3.79. The molecule has 2 N–H and O–H groups in total. The van der Waals surface area contributed by atoms with E-state index in [-0.39, 0.29) is 0 Å². The Morgan fingerprint density at radius 1 is 1.38 bits per heavy atom. The van der Waals surface area contributed by atoms with Crippen LogP contribution in [-0.2, 0) is 16.8 Å².